The Morgan fingerprint density at radius 2 is 1.71 bits per heavy atom. The molecule has 0 radical (unpaired) electrons. The molecule has 28 heavy (non-hydrogen) atoms. The number of carbonyl (C=O) groups is 1. The number of amides is 1. The van der Waals surface area contributed by atoms with Crippen molar-refractivity contribution in [3.05, 3.63) is 30.3 Å². The van der Waals surface area contributed by atoms with Crippen molar-refractivity contribution in [1.29, 1.82) is 0 Å². The van der Waals surface area contributed by atoms with Crippen LogP contribution in [0.1, 0.15) is 71.6 Å². The van der Waals surface area contributed by atoms with Crippen LogP contribution in [-0.4, -0.2) is 28.8 Å². The van der Waals surface area contributed by atoms with E-state index in [1.807, 2.05) is 37.3 Å². The third-order valence-corrected chi connectivity index (χ3v) is 5.72. The first-order chi connectivity index (χ1) is 13.7. The van der Waals surface area contributed by atoms with E-state index in [2.05, 4.69) is 16.9 Å². The first-order valence-electron chi connectivity index (χ1n) is 10.6. The summed E-state index contributed by atoms with van der Waals surface area (Å²) in [7, 11) is 0. The number of para-hydroxylation sites is 1. The number of amidine groups is 1. The molecule has 0 aromatic heterocycles. The molecule has 154 valence electrons. The first-order valence-corrected chi connectivity index (χ1v) is 11.6. The second-order valence-corrected chi connectivity index (χ2v) is 8.25. The molecule has 0 fully saturated rings. The zero-order chi connectivity index (χ0) is 20.2. The smallest absolute Gasteiger partial charge is 0.258 e. The molecule has 1 unspecified atom stereocenters. The summed E-state index contributed by atoms with van der Waals surface area (Å²) in [6.07, 6.45) is 11.0. The van der Waals surface area contributed by atoms with Crippen molar-refractivity contribution < 1.29 is 4.79 Å². The van der Waals surface area contributed by atoms with E-state index in [0.717, 1.165) is 17.9 Å². The standard InChI is InChI=1S/C22H34N4OS/c1-3-5-6-7-8-9-10-14-17-28-21(23)25-22-24-19(4-2)20(27)26(22)18-15-12-11-13-16-18/h11-13,15-16,19H,3-10,14,17H2,1-2H3,(H2,23,24,25). The summed E-state index contributed by atoms with van der Waals surface area (Å²) in [5.41, 5.74) is 6.90. The van der Waals surface area contributed by atoms with Gasteiger partial charge in [-0.2, -0.15) is 4.99 Å². The average molecular weight is 403 g/mol. The molecule has 1 aliphatic heterocycles. The zero-order valence-corrected chi connectivity index (χ0v) is 18.1. The highest BCUT2D eigenvalue weighted by molar-refractivity contribution is 8.13. The minimum absolute atomic E-state index is 0.0340. The molecule has 0 aliphatic carbocycles. The number of rotatable bonds is 11. The van der Waals surface area contributed by atoms with Crippen LogP contribution in [0, 0.1) is 0 Å². The Labute approximate surface area is 173 Å². The summed E-state index contributed by atoms with van der Waals surface area (Å²) in [5.74, 6) is 1.32. The summed E-state index contributed by atoms with van der Waals surface area (Å²) in [4.78, 5) is 23.2. The van der Waals surface area contributed by atoms with Crippen molar-refractivity contribution in [2.24, 2.45) is 15.7 Å². The number of aliphatic imine (C=N–C) groups is 2. The Bertz CT molecular complexity index is 660. The van der Waals surface area contributed by atoms with Crippen LogP contribution in [0.25, 0.3) is 0 Å². The van der Waals surface area contributed by atoms with E-state index in [9.17, 15) is 4.79 Å². The van der Waals surface area contributed by atoms with Gasteiger partial charge in [-0.3, -0.25) is 4.79 Å². The molecule has 6 heteroatoms. The molecule has 0 bridgehead atoms. The maximum Gasteiger partial charge on any atom is 0.258 e. The molecule has 0 spiro atoms. The number of benzene rings is 1. The number of guanidine groups is 1. The van der Waals surface area contributed by atoms with Gasteiger partial charge in [-0.25, -0.2) is 9.89 Å². The molecule has 1 aliphatic rings. The average Bonchev–Trinajstić information content (AvgIpc) is 3.02. The lowest BCUT2D eigenvalue weighted by molar-refractivity contribution is -0.118. The Morgan fingerprint density at radius 1 is 1.07 bits per heavy atom. The zero-order valence-electron chi connectivity index (χ0n) is 17.3. The monoisotopic (exact) mass is 402 g/mol. The van der Waals surface area contributed by atoms with E-state index >= 15 is 0 Å². The molecule has 2 rings (SSSR count). The van der Waals surface area contributed by atoms with Crippen molar-refractivity contribution >= 4 is 34.5 Å². The molecule has 1 amide bonds. The topological polar surface area (TPSA) is 71.0 Å². The lowest BCUT2D eigenvalue weighted by Gasteiger charge is -2.16. The van der Waals surface area contributed by atoms with Crippen molar-refractivity contribution in [3.63, 3.8) is 0 Å². The van der Waals surface area contributed by atoms with Gasteiger partial charge in [0.05, 0.1) is 5.69 Å². The highest BCUT2D eigenvalue weighted by atomic mass is 32.2. The van der Waals surface area contributed by atoms with E-state index < -0.39 is 0 Å². The SMILES string of the molecule is CCCCCCCCCCS/C(N)=N\C1=NC(CC)C(=O)N1c1ccccc1. The number of nitrogens with zero attached hydrogens (tertiary/aromatic N) is 3. The van der Waals surface area contributed by atoms with Crippen molar-refractivity contribution in [3.8, 4) is 0 Å². The van der Waals surface area contributed by atoms with Gasteiger partial charge in [-0.1, -0.05) is 88.8 Å². The van der Waals surface area contributed by atoms with Gasteiger partial charge < -0.3 is 5.73 Å². The first kappa shape index (κ1) is 22.5. The highest BCUT2D eigenvalue weighted by Crippen LogP contribution is 2.23. The van der Waals surface area contributed by atoms with E-state index in [-0.39, 0.29) is 11.9 Å². The second kappa shape index (κ2) is 12.6. The summed E-state index contributed by atoms with van der Waals surface area (Å²) in [6, 6.07) is 9.16. The molecular formula is C22H34N4OS. The minimum Gasteiger partial charge on any atom is -0.378 e. The molecule has 0 saturated carbocycles. The Kier molecular flexibility index (Phi) is 10.1. The number of hydrogen-bond donors (Lipinski definition) is 1. The number of carbonyl (C=O) groups excluding carboxylic acids is 1. The van der Waals surface area contributed by atoms with Crippen LogP contribution in [0.3, 0.4) is 0 Å². The fourth-order valence-corrected chi connectivity index (χ4v) is 3.91. The van der Waals surface area contributed by atoms with Gasteiger partial charge in [0.1, 0.15) is 6.04 Å². The van der Waals surface area contributed by atoms with Gasteiger partial charge in [0.25, 0.3) is 5.91 Å². The number of unbranched alkanes of at least 4 members (excludes halogenated alkanes) is 7. The Hall–Kier alpha value is -1.82. The van der Waals surface area contributed by atoms with Crippen LogP contribution in [0.2, 0.25) is 0 Å². The van der Waals surface area contributed by atoms with Crippen LogP contribution in [0.15, 0.2) is 40.3 Å². The summed E-state index contributed by atoms with van der Waals surface area (Å²) in [5, 5.41) is 0.479. The van der Waals surface area contributed by atoms with E-state index in [0.29, 0.717) is 17.5 Å². The normalized spacial score (nSPS) is 17.3. The molecule has 1 aromatic carbocycles. The Balaban J connectivity index is 1.82. The number of thioether (sulfide) groups is 1. The van der Waals surface area contributed by atoms with Gasteiger partial charge in [-0.05, 0) is 25.0 Å². The molecule has 1 aromatic rings. The fourth-order valence-electron chi connectivity index (χ4n) is 3.21. The van der Waals surface area contributed by atoms with E-state index in [1.54, 1.807) is 16.7 Å². The van der Waals surface area contributed by atoms with Crippen molar-refractivity contribution in [2.45, 2.75) is 77.7 Å². The third-order valence-electron chi connectivity index (χ3n) is 4.84. The van der Waals surface area contributed by atoms with Gasteiger partial charge in [0, 0.05) is 5.75 Å². The minimum atomic E-state index is -0.371. The quantitative estimate of drug-likeness (QED) is 0.308. The predicted molar refractivity (Wildman–Crippen MR) is 122 cm³/mol. The van der Waals surface area contributed by atoms with Crippen LogP contribution < -0.4 is 10.6 Å². The fraction of sp³-hybridized carbons (Fsp3) is 0.591. The molecule has 0 saturated heterocycles. The maximum atomic E-state index is 12.6. The molecule has 2 N–H and O–H groups in total. The largest absolute Gasteiger partial charge is 0.378 e. The lowest BCUT2D eigenvalue weighted by atomic mass is 10.1. The lowest BCUT2D eigenvalue weighted by Crippen LogP contribution is -2.35. The maximum absolute atomic E-state index is 12.6. The molecule has 5 nitrogen and oxygen atoms in total. The van der Waals surface area contributed by atoms with E-state index in [1.165, 1.54) is 44.9 Å². The van der Waals surface area contributed by atoms with Crippen LogP contribution in [0.4, 0.5) is 5.69 Å². The summed E-state index contributed by atoms with van der Waals surface area (Å²) < 4.78 is 0. The van der Waals surface area contributed by atoms with Crippen molar-refractivity contribution in [2.75, 3.05) is 10.7 Å². The predicted octanol–water partition coefficient (Wildman–Crippen LogP) is 5.36. The summed E-state index contributed by atoms with van der Waals surface area (Å²) in [6.45, 7) is 4.21. The summed E-state index contributed by atoms with van der Waals surface area (Å²) >= 11 is 1.55. The number of nitrogens with two attached hydrogens (primary N) is 1. The van der Waals surface area contributed by atoms with E-state index in [4.69, 9.17) is 5.73 Å². The Morgan fingerprint density at radius 3 is 2.36 bits per heavy atom. The van der Waals surface area contributed by atoms with Crippen LogP contribution >= 0.6 is 11.8 Å². The highest BCUT2D eigenvalue weighted by Gasteiger charge is 2.34. The molecule has 1 atom stereocenters. The third kappa shape index (κ3) is 6.97. The van der Waals surface area contributed by atoms with Gasteiger partial charge >= 0.3 is 0 Å². The number of hydrogen-bond acceptors (Lipinski definition) is 4. The van der Waals surface area contributed by atoms with Crippen molar-refractivity contribution in [1.82, 2.24) is 0 Å². The van der Waals surface area contributed by atoms with Gasteiger partial charge in [0.2, 0.25) is 5.96 Å². The van der Waals surface area contributed by atoms with Gasteiger partial charge in [0.15, 0.2) is 5.17 Å². The molecule has 1 heterocycles. The molecular weight excluding hydrogens is 368 g/mol. The van der Waals surface area contributed by atoms with Crippen LogP contribution in [0.5, 0.6) is 0 Å². The second-order valence-electron chi connectivity index (χ2n) is 7.14. The van der Waals surface area contributed by atoms with Crippen LogP contribution in [-0.2, 0) is 4.79 Å². The number of anilines is 1. The van der Waals surface area contributed by atoms with Gasteiger partial charge in [-0.15, -0.1) is 0 Å².